The van der Waals surface area contributed by atoms with Gasteiger partial charge in [0.15, 0.2) is 5.13 Å². The van der Waals surface area contributed by atoms with Crippen LogP contribution in [-0.2, 0) is 6.42 Å². The number of fused-ring (bicyclic) bond motifs is 1. The van der Waals surface area contributed by atoms with Crippen molar-refractivity contribution >= 4 is 38.3 Å². The molecule has 0 atom stereocenters. The molecule has 0 spiro atoms. The lowest BCUT2D eigenvalue weighted by Gasteiger charge is -1.97. The molecule has 2 N–H and O–H groups in total. The van der Waals surface area contributed by atoms with Gasteiger partial charge in [0, 0.05) is 0 Å². The van der Waals surface area contributed by atoms with Crippen LogP contribution >= 0.6 is 22.9 Å². The molecule has 2 aromatic rings. The Morgan fingerprint density at radius 2 is 2.31 bits per heavy atom. The van der Waals surface area contributed by atoms with Crippen LogP contribution in [0.4, 0.5) is 5.13 Å². The van der Waals surface area contributed by atoms with E-state index in [0.29, 0.717) is 10.2 Å². The summed E-state index contributed by atoms with van der Waals surface area (Å²) in [5.74, 6) is 0. The van der Waals surface area contributed by atoms with Gasteiger partial charge in [0.1, 0.15) is 5.52 Å². The van der Waals surface area contributed by atoms with E-state index in [1.54, 1.807) is 0 Å². The highest BCUT2D eigenvalue weighted by Crippen LogP contribution is 2.30. The number of rotatable bonds is 1. The van der Waals surface area contributed by atoms with Crippen LogP contribution in [0.25, 0.3) is 10.2 Å². The Hall–Kier alpha value is -0.800. The van der Waals surface area contributed by atoms with Crippen LogP contribution < -0.4 is 5.73 Å². The van der Waals surface area contributed by atoms with Gasteiger partial charge in [-0.3, -0.25) is 0 Å². The molecule has 0 amide bonds. The molecule has 1 aromatic carbocycles. The van der Waals surface area contributed by atoms with Crippen molar-refractivity contribution in [2.75, 3.05) is 5.73 Å². The number of hydrogen-bond donors (Lipinski definition) is 1. The highest BCUT2D eigenvalue weighted by Gasteiger charge is 2.06. The van der Waals surface area contributed by atoms with Gasteiger partial charge in [-0.2, -0.15) is 0 Å². The van der Waals surface area contributed by atoms with Crippen LogP contribution in [0.5, 0.6) is 0 Å². The smallest absolute Gasteiger partial charge is 0.181 e. The number of nitrogens with two attached hydrogens (primary N) is 1. The zero-order chi connectivity index (χ0) is 9.42. The second-order valence-corrected chi connectivity index (χ2v) is 4.30. The molecule has 4 heteroatoms. The summed E-state index contributed by atoms with van der Waals surface area (Å²) in [6.45, 7) is 2.10. The number of nitrogens with zero attached hydrogens (tertiary/aromatic N) is 1. The van der Waals surface area contributed by atoms with Gasteiger partial charge in [0.05, 0.1) is 9.72 Å². The Morgan fingerprint density at radius 3 is 3.00 bits per heavy atom. The topological polar surface area (TPSA) is 38.9 Å². The van der Waals surface area contributed by atoms with E-state index in [9.17, 15) is 0 Å². The monoisotopic (exact) mass is 212 g/mol. The van der Waals surface area contributed by atoms with Crippen LogP contribution in [0.1, 0.15) is 12.5 Å². The largest absolute Gasteiger partial charge is 0.375 e. The predicted octanol–water partition coefficient (Wildman–Crippen LogP) is 3.09. The van der Waals surface area contributed by atoms with E-state index >= 15 is 0 Å². The molecule has 68 valence electrons. The minimum atomic E-state index is 0.574. The minimum Gasteiger partial charge on any atom is -0.375 e. The summed E-state index contributed by atoms with van der Waals surface area (Å²) in [6, 6.07) is 4.04. The molecule has 0 radical (unpaired) electrons. The minimum absolute atomic E-state index is 0.574. The van der Waals surface area contributed by atoms with Crippen molar-refractivity contribution in [3.05, 3.63) is 22.7 Å². The summed E-state index contributed by atoms with van der Waals surface area (Å²) in [5, 5.41) is 1.27. The highest BCUT2D eigenvalue weighted by molar-refractivity contribution is 7.22. The Balaban J connectivity index is 2.75. The van der Waals surface area contributed by atoms with Crippen molar-refractivity contribution < 1.29 is 0 Å². The molecule has 0 saturated heterocycles. The first kappa shape index (κ1) is 8.78. The maximum Gasteiger partial charge on any atom is 0.181 e. The molecule has 13 heavy (non-hydrogen) atoms. The number of thiazole rings is 1. The Kier molecular flexibility index (Phi) is 2.14. The molecule has 1 aromatic heterocycles. The summed E-state index contributed by atoms with van der Waals surface area (Å²) in [7, 11) is 0. The molecular formula is C9H9ClN2S. The fourth-order valence-electron chi connectivity index (χ4n) is 1.26. The summed E-state index contributed by atoms with van der Waals surface area (Å²) >= 11 is 7.52. The second-order valence-electron chi connectivity index (χ2n) is 2.83. The van der Waals surface area contributed by atoms with Crippen LogP contribution in [0.15, 0.2) is 12.1 Å². The van der Waals surface area contributed by atoms with E-state index in [0.717, 1.165) is 16.6 Å². The Bertz CT molecular complexity index is 450. The molecule has 0 aliphatic heterocycles. The number of anilines is 1. The van der Waals surface area contributed by atoms with Crippen LogP contribution in [0.2, 0.25) is 5.02 Å². The second kappa shape index (κ2) is 3.16. The molecule has 0 aliphatic carbocycles. The van der Waals surface area contributed by atoms with Crippen LogP contribution in [0, 0.1) is 0 Å². The van der Waals surface area contributed by atoms with Gasteiger partial charge in [0.25, 0.3) is 0 Å². The van der Waals surface area contributed by atoms with Crippen molar-refractivity contribution in [1.82, 2.24) is 4.98 Å². The number of halogens is 1. The zero-order valence-electron chi connectivity index (χ0n) is 7.17. The molecule has 0 unspecified atom stereocenters. The lowest BCUT2D eigenvalue weighted by Crippen LogP contribution is -1.81. The normalized spacial score (nSPS) is 10.9. The number of aromatic nitrogens is 1. The van der Waals surface area contributed by atoms with E-state index in [1.807, 2.05) is 6.07 Å². The van der Waals surface area contributed by atoms with Crippen LogP contribution in [-0.4, -0.2) is 4.98 Å². The SMILES string of the molecule is CCc1cc(Cl)c2nc(N)sc2c1. The molecule has 0 aliphatic rings. The molecule has 0 saturated carbocycles. The first-order valence-corrected chi connectivity index (χ1v) is 5.24. The number of aryl methyl sites for hydroxylation is 1. The summed E-state index contributed by atoms with van der Waals surface area (Å²) in [6.07, 6.45) is 0.980. The van der Waals surface area contributed by atoms with E-state index < -0.39 is 0 Å². The van der Waals surface area contributed by atoms with Crippen molar-refractivity contribution in [3.63, 3.8) is 0 Å². The molecular weight excluding hydrogens is 204 g/mol. The highest BCUT2D eigenvalue weighted by atomic mass is 35.5. The third-order valence-corrected chi connectivity index (χ3v) is 3.05. The first-order valence-electron chi connectivity index (χ1n) is 4.05. The van der Waals surface area contributed by atoms with Crippen molar-refractivity contribution in [2.24, 2.45) is 0 Å². The van der Waals surface area contributed by atoms with Gasteiger partial charge in [-0.25, -0.2) is 4.98 Å². The van der Waals surface area contributed by atoms with Crippen molar-refractivity contribution in [1.29, 1.82) is 0 Å². The average molecular weight is 213 g/mol. The summed E-state index contributed by atoms with van der Waals surface area (Å²) < 4.78 is 1.07. The van der Waals surface area contributed by atoms with Gasteiger partial charge >= 0.3 is 0 Å². The summed E-state index contributed by atoms with van der Waals surface area (Å²) in [4.78, 5) is 4.15. The zero-order valence-corrected chi connectivity index (χ0v) is 8.75. The predicted molar refractivity (Wildman–Crippen MR) is 58.4 cm³/mol. The van der Waals surface area contributed by atoms with Gasteiger partial charge in [-0.15, -0.1) is 0 Å². The van der Waals surface area contributed by atoms with Crippen molar-refractivity contribution in [2.45, 2.75) is 13.3 Å². The molecule has 2 nitrogen and oxygen atoms in total. The lowest BCUT2D eigenvalue weighted by molar-refractivity contribution is 1.15. The molecule has 0 bridgehead atoms. The summed E-state index contributed by atoms with van der Waals surface area (Å²) in [5.41, 5.74) is 7.64. The maximum atomic E-state index is 6.04. The van der Waals surface area contributed by atoms with E-state index in [-0.39, 0.29) is 0 Å². The molecule has 0 fully saturated rings. The standard InChI is InChI=1S/C9H9ClN2S/c1-2-5-3-6(10)8-7(4-5)13-9(11)12-8/h3-4H,2H2,1H3,(H2,11,12). The number of nitrogen functional groups attached to an aromatic ring is 1. The molecule has 2 rings (SSSR count). The fourth-order valence-corrected chi connectivity index (χ4v) is 2.43. The van der Waals surface area contributed by atoms with Crippen LogP contribution in [0.3, 0.4) is 0 Å². The van der Waals surface area contributed by atoms with E-state index in [1.165, 1.54) is 16.9 Å². The first-order chi connectivity index (χ1) is 6.20. The average Bonchev–Trinajstić information content (AvgIpc) is 2.46. The van der Waals surface area contributed by atoms with Gasteiger partial charge in [-0.05, 0) is 24.1 Å². The van der Waals surface area contributed by atoms with Gasteiger partial charge in [-0.1, -0.05) is 29.9 Å². The Morgan fingerprint density at radius 1 is 1.54 bits per heavy atom. The Labute approximate surface area is 85.3 Å². The third-order valence-electron chi connectivity index (χ3n) is 1.93. The van der Waals surface area contributed by atoms with E-state index in [2.05, 4.69) is 18.0 Å². The van der Waals surface area contributed by atoms with Gasteiger partial charge < -0.3 is 5.73 Å². The third kappa shape index (κ3) is 1.49. The van der Waals surface area contributed by atoms with Gasteiger partial charge in [0.2, 0.25) is 0 Å². The lowest BCUT2D eigenvalue weighted by atomic mass is 10.2. The fraction of sp³-hybridized carbons (Fsp3) is 0.222. The molecule has 1 heterocycles. The number of hydrogen-bond acceptors (Lipinski definition) is 3. The number of benzene rings is 1. The maximum absolute atomic E-state index is 6.04. The van der Waals surface area contributed by atoms with E-state index in [4.69, 9.17) is 17.3 Å². The van der Waals surface area contributed by atoms with Crippen molar-refractivity contribution in [3.8, 4) is 0 Å². The quantitative estimate of drug-likeness (QED) is 0.789.